The fourth-order valence-electron chi connectivity index (χ4n) is 3.00. The van der Waals surface area contributed by atoms with E-state index in [1.807, 2.05) is 0 Å². The van der Waals surface area contributed by atoms with Gasteiger partial charge in [0.05, 0.1) is 13.2 Å². The molecule has 0 aliphatic heterocycles. The van der Waals surface area contributed by atoms with Gasteiger partial charge >= 0.3 is 0 Å². The van der Waals surface area contributed by atoms with Crippen molar-refractivity contribution in [3.63, 3.8) is 0 Å². The Morgan fingerprint density at radius 3 is 2.42 bits per heavy atom. The highest BCUT2D eigenvalue weighted by molar-refractivity contribution is 5.71. The number of benzene rings is 1. The third kappa shape index (κ3) is 6.45. The van der Waals surface area contributed by atoms with E-state index in [0.29, 0.717) is 6.73 Å². The number of hydrogen-bond donors (Lipinski definition) is 0. The summed E-state index contributed by atoms with van der Waals surface area (Å²) in [7, 11) is 0. The first-order valence-electron chi connectivity index (χ1n) is 9.41. The van der Waals surface area contributed by atoms with Gasteiger partial charge in [-0.05, 0) is 25.0 Å². The van der Waals surface area contributed by atoms with Gasteiger partial charge in [-0.1, -0.05) is 64.5 Å². The van der Waals surface area contributed by atoms with Gasteiger partial charge in [0.1, 0.15) is 0 Å². The number of fused-ring (bicyclic) bond motifs is 1. The third-order valence-electron chi connectivity index (χ3n) is 4.40. The lowest BCUT2D eigenvalue weighted by Crippen LogP contribution is -3.00. The molecule has 0 N–H and O–H groups in total. The van der Waals surface area contributed by atoms with Crippen molar-refractivity contribution in [2.24, 2.45) is 0 Å². The van der Waals surface area contributed by atoms with Crippen molar-refractivity contribution in [2.75, 3.05) is 6.61 Å². The number of rotatable bonds is 12. The van der Waals surface area contributed by atoms with Crippen LogP contribution in [-0.2, 0) is 18.0 Å². The molecule has 136 valence electrons. The first-order valence-corrected chi connectivity index (χ1v) is 9.41. The highest BCUT2D eigenvalue weighted by atomic mass is 35.5. The van der Waals surface area contributed by atoms with Gasteiger partial charge in [-0.25, -0.2) is 9.13 Å². The zero-order chi connectivity index (χ0) is 16.3. The number of hydrogen-bond acceptors (Lipinski definition) is 1. The van der Waals surface area contributed by atoms with Crippen LogP contribution < -0.4 is 17.0 Å². The Kier molecular flexibility index (Phi) is 10.8. The van der Waals surface area contributed by atoms with Crippen LogP contribution in [-0.4, -0.2) is 11.2 Å². The molecule has 4 heteroatoms. The summed E-state index contributed by atoms with van der Waals surface area (Å²) in [5.41, 5.74) is 2.58. The smallest absolute Gasteiger partial charge is 0.246 e. The average Bonchev–Trinajstić information content (AvgIpc) is 2.93. The van der Waals surface area contributed by atoms with Crippen LogP contribution in [0, 0.1) is 0 Å². The van der Waals surface area contributed by atoms with Gasteiger partial charge in [0, 0.05) is 0 Å². The second kappa shape index (κ2) is 12.3. The largest absolute Gasteiger partial charge is 1.00 e. The predicted molar refractivity (Wildman–Crippen MR) is 96.4 cm³/mol. The van der Waals surface area contributed by atoms with Gasteiger partial charge in [-0.15, -0.1) is 0 Å². The summed E-state index contributed by atoms with van der Waals surface area (Å²) < 4.78 is 10.5. The fraction of sp³-hybridized carbons (Fsp3) is 0.650. The summed E-state index contributed by atoms with van der Waals surface area (Å²) in [6.07, 6.45) is 12.5. The summed E-state index contributed by atoms with van der Waals surface area (Å²) in [5, 5.41) is 0. The van der Waals surface area contributed by atoms with E-state index in [-0.39, 0.29) is 12.4 Å². The molecule has 0 spiro atoms. The van der Waals surface area contributed by atoms with Crippen LogP contribution in [0.1, 0.15) is 65.2 Å². The molecular weight excluding hydrogens is 320 g/mol. The molecule has 2 aromatic rings. The number of halogens is 1. The third-order valence-corrected chi connectivity index (χ3v) is 4.40. The summed E-state index contributed by atoms with van der Waals surface area (Å²) in [5.74, 6) is 0. The van der Waals surface area contributed by atoms with Crippen molar-refractivity contribution in [1.82, 2.24) is 4.57 Å². The van der Waals surface area contributed by atoms with E-state index in [2.05, 4.69) is 53.6 Å². The lowest BCUT2D eigenvalue weighted by molar-refractivity contribution is -0.710. The van der Waals surface area contributed by atoms with E-state index < -0.39 is 0 Å². The minimum absolute atomic E-state index is 0. The molecule has 0 atom stereocenters. The van der Waals surface area contributed by atoms with Crippen LogP contribution in [0.4, 0.5) is 0 Å². The molecule has 0 bridgehead atoms. The first kappa shape index (κ1) is 21.0. The van der Waals surface area contributed by atoms with Crippen LogP contribution >= 0.6 is 0 Å². The molecule has 24 heavy (non-hydrogen) atoms. The fourth-order valence-corrected chi connectivity index (χ4v) is 3.00. The van der Waals surface area contributed by atoms with Crippen molar-refractivity contribution in [3.8, 4) is 0 Å². The number of ether oxygens (including phenoxy) is 1. The van der Waals surface area contributed by atoms with Crippen molar-refractivity contribution >= 4 is 11.0 Å². The summed E-state index contributed by atoms with van der Waals surface area (Å²) in [6.45, 7) is 7.12. The van der Waals surface area contributed by atoms with Crippen molar-refractivity contribution in [1.29, 1.82) is 0 Å². The lowest BCUT2D eigenvalue weighted by atomic mass is 10.1. The van der Waals surface area contributed by atoms with Crippen molar-refractivity contribution in [3.05, 3.63) is 30.6 Å². The van der Waals surface area contributed by atoms with Crippen LogP contribution in [0.5, 0.6) is 0 Å². The molecule has 0 amide bonds. The van der Waals surface area contributed by atoms with Gasteiger partial charge in [-0.3, -0.25) is 0 Å². The van der Waals surface area contributed by atoms with Gasteiger partial charge in [-0.2, -0.15) is 0 Å². The minimum atomic E-state index is 0. The van der Waals surface area contributed by atoms with Crippen LogP contribution in [0.3, 0.4) is 0 Å². The van der Waals surface area contributed by atoms with Crippen molar-refractivity contribution < 1.29 is 21.7 Å². The maximum absolute atomic E-state index is 5.90. The second-order valence-electron chi connectivity index (χ2n) is 6.43. The normalized spacial score (nSPS) is 10.9. The number of imidazole rings is 1. The standard InChI is InChI=1S/C20H33N2O.ClH/c1-3-5-7-8-9-12-16-23-18-22-17-21(15-6-4-2)19-13-10-11-14-20(19)22;/h10-11,13-14,17H,3-9,12,15-16,18H2,1-2H3;1H/q+1;/p-1. The Labute approximate surface area is 153 Å². The number of unbranched alkanes of at least 4 members (excludes halogenated alkanes) is 6. The highest BCUT2D eigenvalue weighted by Crippen LogP contribution is 2.12. The van der Waals surface area contributed by atoms with Crippen LogP contribution in [0.15, 0.2) is 30.6 Å². The molecule has 1 heterocycles. The molecule has 0 saturated heterocycles. The Balaban J connectivity index is 0.00000288. The zero-order valence-electron chi connectivity index (χ0n) is 15.3. The molecular formula is C20H33ClN2O. The molecule has 0 radical (unpaired) electrons. The number of para-hydroxylation sites is 2. The number of aromatic nitrogens is 2. The van der Waals surface area contributed by atoms with Gasteiger partial charge in [0.2, 0.25) is 6.33 Å². The van der Waals surface area contributed by atoms with E-state index >= 15 is 0 Å². The number of aryl methyl sites for hydroxylation is 1. The quantitative estimate of drug-likeness (QED) is 0.422. The molecule has 0 unspecified atom stereocenters. The Morgan fingerprint density at radius 2 is 1.62 bits per heavy atom. The van der Waals surface area contributed by atoms with E-state index in [0.717, 1.165) is 13.2 Å². The Morgan fingerprint density at radius 1 is 0.917 bits per heavy atom. The Bertz CT molecular complexity index is 568. The molecule has 2 rings (SSSR count). The summed E-state index contributed by atoms with van der Waals surface area (Å²) in [4.78, 5) is 0. The molecule has 0 aliphatic rings. The molecule has 0 aliphatic carbocycles. The van der Waals surface area contributed by atoms with Crippen LogP contribution in [0.2, 0.25) is 0 Å². The van der Waals surface area contributed by atoms with Crippen molar-refractivity contribution in [2.45, 2.75) is 78.5 Å². The first-order chi connectivity index (χ1) is 11.4. The van der Waals surface area contributed by atoms with Gasteiger partial charge in [0.15, 0.2) is 17.8 Å². The molecule has 0 saturated carbocycles. The SMILES string of the molecule is CCCCCCCCOC[n+]1cn(CCCC)c2ccccc21.[Cl-]. The number of nitrogens with zero attached hydrogens (tertiary/aromatic N) is 2. The van der Waals surface area contributed by atoms with Gasteiger partial charge < -0.3 is 17.1 Å². The predicted octanol–water partition coefficient (Wildman–Crippen LogP) is 2.07. The van der Waals surface area contributed by atoms with Gasteiger partial charge in [0.25, 0.3) is 0 Å². The monoisotopic (exact) mass is 352 g/mol. The molecule has 1 aromatic carbocycles. The minimum Gasteiger partial charge on any atom is -1.00 e. The average molecular weight is 353 g/mol. The molecule has 1 aromatic heterocycles. The maximum Gasteiger partial charge on any atom is 0.246 e. The molecule has 3 nitrogen and oxygen atoms in total. The maximum atomic E-state index is 5.90. The second-order valence-corrected chi connectivity index (χ2v) is 6.43. The summed E-state index contributed by atoms with van der Waals surface area (Å²) in [6, 6.07) is 8.62. The van der Waals surface area contributed by atoms with Crippen LogP contribution in [0.25, 0.3) is 11.0 Å². The van der Waals surface area contributed by atoms with E-state index in [9.17, 15) is 0 Å². The lowest BCUT2D eigenvalue weighted by Gasteiger charge is -2.02. The zero-order valence-corrected chi connectivity index (χ0v) is 16.1. The summed E-state index contributed by atoms with van der Waals surface area (Å²) >= 11 is 0. The molecule has 0 fully saturated rings. The topological polar surface area (TPSA) is 18.0 Å². The highest BCUT2D eigenvalue weighted by Gasteiger charge is 2.14. The van der Waals surface area contributed by atoms with E-state index in [1.54, 1.807) is 0 Å². The van der Waals surface area contributed by atoms with E-state index in [4.69, 9.17) is 4.74 Å². The Hall–Kier alpha value is -1.06. The van der Waals surface area contributed by atoms with E-state index in [1.165, 1.54) is 62.4 Å².